The van der Waals surface area contributed by atoms with E-state index < -0.39 is 4.92 Å². The molecular weight excluding hydrogens is 474 g/mol. The number of benzene rings is 3. The first-order chi connectivity index (χ1) is 16.5. The van der Waals surface area contributed by atoms with Crippen molar-refractivity contribution in [2.75, 3.05) is 12.0 Å². The van der Waals surface area contributed by atoms with E-state index in [9.17, 15) is 14.9 Å². The first kappa shape index (κ1) is 21.8. The second-order valence-corrected chi connectivity index (χ2v) is 8.82. The highest BCUT2D eigenvalue weighted by atomic mass is 35.5. The number of hydrogen-bond acceptors (Lipinski definition) is 6. The lowest BCUT2D eigenvalue weighted by Gasteiger charge is -2.18. The summed E-state index contributed by atoms with van der Waals surface area (Å²) in [6, 6.07) is 20.8. The fourth-order valence-corrected chi connectivity index (χ4v) is 5.14. The lowest BCUT2D eigenvalue weighted by Crippen LogP contribution is -2.32. The molecule has 0 saturated heterocycles. The van der Waals surface area contributed by atoms with Crippen molar-refractivity contribution in [3.05, 3.63) is 104 Å². The first-order valence-corrected chi connectivity index (χ1v) is 11.4. The minimum Gasteiger partial charge on any atom is -0.497 e. The molecule has 0 fully saturated rings. The molecule has 3 aromatic carbocycles. The lowest BCUT2D eigenvalue weighted by molar-refractivity contribution is -0.384. The van der Waals surface area contributed by atoms with E-state index in [1.165, 1.54) is 28.4 Å². The molecule has 168 valence electrons. The van der Waals surface area contributed by atoms with Crippen LogP contribution >= 0.6 is 22.9 Å². The number of aliphatic imine (C=N–C) groups is 1. The van der Waals surface area contributed by atoms with Crippen LogP contribution in [0.3, 0.4) is 0 Å². The number of amidine groups is 1. The number of amides is 1. The number of rotatable bonds is 5. The fraction of sp³-hybridized carbons (Fsp3) is 0.0400. The minimum absolute atomic E-state index is 0.0268. The van der Waals surface area contributed by atoms with Crippen LogP contribution in [0, 0.1) is 10.1 Å². The Kier molecular flexibility index (Phi) is 5.61. The number of nitrogens with zero attached hydrogens (tertiary/aromatic N) is 3. The van der Waals surface area contributed by atoms with Crippen molar-refractivity contribution in [3.8, 4) is 5.75 Å². The summed E-state index contributed by atoms with van der Waals surface area (Å²) in [5.74, 6) is 0.761. The van der Waals surface area contributed by atoms with Crippen LogP contribution in [0.2, 0.25) is 5.02 Å². The molecular formula is C25H16ClN3O4S. The number of thiophene rings is 1. The SMILES string of the molecule is COc1ccc(N2C(=O)/C(=C\c3ccc([N+](=O)[O-])cc3)N=C2c2sc3ccccc3c2Cl)cc1. The number of fused-ring (bicyclic) bond motifs is 1. The zero-order chi connectivity index (χ0) is 23.8. The lowest BCUT2D eigenvalue weighted by atomic mass is 10.1. The highest BCUT2D eigenvalue weighted by Gasteiger charge is 2.35. The Bertz CT molecular complexity index is 1490. The highest BCUT2D eigenvalue weighted by molar-refractivity contribution is 7.21. The number of anilines is 1. The second kappa shape index (κ2) is 8.74. The summed E-state index contributed by atoms with van der Waals surface area (Å²) < 4.78 is 6.23. The third-order valence-electron chi connectivity index (χ3n) is 5.34. The van der Waals surface area contributed by atoms with Gasteiger partial charge in [0.1, 0.15) is 11.4 Å². The predicted molar refractivity (Wildman–Crippen MR) is 135 cm³/mol. The average Bonchev–Trinajstić information content (AvgIpc) is 3.36. The van der Waals surface area contributed by atoms with Gasteiger partial charge in [-0.2, -0.15) is 0 Å². The Morgan fingerprint density at radius 3 is 2.41 bits per heavy atom. The molecule has 4 aromatic rings. The van der Waals surface area contributed by atoms with Crippen LogP contribution in [-0.2, 0) is 4.79 Å². The molecule has 0 N–H and O–H groups in total. The first-order valence-electron chi connectivity index (χ1n) is 10.2. The van der Waals surface area contributed by atoms with Crippen LogP contribution in [0.15, 0.2) is 83.5 Å². The van der Waals surface area contributed by atoms with E-state index in [0.717, 1.165) is 10.1 Å². The van der Waals surface area contributed by atoms with Crippen molar-refractivity contribution in [2.24, 2.45) is 4.99 Å². The molecule has 5 rings (SSSR count). The normalized spacial score (nSPS) is 14.6. The number of nitro groups is 1. The Balaban J connectivity index is 1.63. The number of halogens is 1. The van der Waals surface area contributed by atoms with E-state index in [2.05, 4.69) is 4.99 Å². The summed E-state index contributed by atoms with van der Waals surface area (Å²) in [6.45, 7) is 0. The van der Waals surface area contributed by atoms with Gasteiger partial charge in [-0.25, -0.2) is 4.99 Å². The molecule has 1 aliphatic rings. The third-order valence-corrected chi connectivity index (χ3v) is 7.01. The summed E-state index contributed by atoms with van der Waals surface area (Å²) in [6.07, 6.45) is 1.61. The van der Waals surface area contributed by atoms with Crippen molar-refractivity contribution < 1.29 is 14.5 Å². The van der Waals surface area contributed by atoms with E-state index in [-0.39, 0.29) is 17.3 Å². The summed E-state index contributed by atoms with van der Waals surface area (Å²) in [5, 5.41) is 12.4. The topological polar surface area (TPSA) is 85.0 Å². The number of methoxy groups -OCH3 is 1. The molecule has 0 atom stereocenters. The van der Waals surface area contributed by atoms with Crippen LogP contribution in [0.1, 0.15) is 10.4 Å². The van der Waals surface area contributed by atoms with Crippen LogP contribution in [-0.4, -0.2) is 23.8 Å². The van der Waals surface area contributed by atoms with Gasteiger partial charge in [-0.15, -0.1) is 11.3 Å². The van der Waals surface area contributed by atoms with E-state index >= 15 is 0 Å². The zero-order valence-corrected chi connectivity index (χ0v) is 19.3. The number of carbonyl (C=O) groups excluding carboxylic acids is 1. The van der Waals surface area contributed by atoms with Crippen LogP contribution in [0.4, 0.5) is 11.4 Å². The molecule has 1 amide bonds. The van der Waals surface area contributed by atoms with Crippen LogP contribution in [0.5, 0.6) is 5.75 Å². The minimum atomic E-state index is -0.469. The maximum Gasteiger partial charge on any atom is 0.282 e. The number of carbonyl (C=O) groups is 1. The van der Waals surface area contributed by atoms with Gasteiger partial charge in [-0.05, 0) is 54.1 Å². The number of nitro benzene ring substituents is 1. The Hall–Kier alpha value is -4.01. The smallest absolute Gasteiger partial charge is 0.282 e. The average molecular weight is 490 g/mol. The van der Waals surface area contributed by atoms with E-state index in [1.807, 2.05) is 24.3 Å². The molecule has 0 aliphatic carbocycles. The van der Waals surface area contributed by atoms with Gasteiger partial charge >= 0.3 is 0 Å². The molecule has 0 unspecified atom stereocenters. The van der Waals surface area contributed by atoms with Gasteiger partial charge in [0.15, 0.2) is 5.84 Å². The van der Waals surface area contributed by atoms with E-state index in [1.54, 1.807) is 49.6 Å². The van der Waals surface area contributed by atoms with Crippen molar-refractivity contribution in [1.82, 2.24) is 0 Å². The van der Waals surface area contributed by atoms with Crippen molar-refractivity contribution >= 4 is 62.2 Å². The van der Waals surface area contributed by atoms with Gasteiger partial charge in [0.05, 0.1) is 27.6 Å². The molecule has 0 saturated carbocycles. The molecule has 34 heavy (non-hydrogen) atoms. The Labute approximate surface area is 203 Å². The standard InChI is InChI=1S/C25H16ClN3O4S/c1-33-18-12-10-16(11-13-18)28-24(23-22(26)19-4-2-3-5-21(19)34-23)27-20(25(28)30)14-15-6-8-17(9-7-15)29(31)32/h2-14H,1H3/b20-14+. The number of hydrogen-bond donors (Lipinski definition) is 0. The van der Waals surface area contributed by atoms with Gasteiger partial charge in [0, 0.05) is 22.2 Å². The zero-order valence-electron chi connectivity index (χ0n) is 17.8. The third kappa shape index (κ3) is 3.83. The van der Waals surface area contributed by atoms with Crippen LogP contribution in [0.25, 0.3) is 16.2 Å². The summed E-state index contributed by atoms with van der Waals surface area (Å²) in [5.41, 5.74) is 1.41. The van der Waals surface area contributed by atoms with E-state index in [0.29, 0.717) is 32.7 Å². The summed E-state index contributed by atoms with van der Waals surface area (Å²) >= 11 is 8.19. The van der Waals surface area contributed by atoms with Crippen molar-refractivity contribution in [3.63, 3.8) is 0 Å². The largest absolute Gasteiger partial charge is 0.497 e. The molecule has 9 heteroatoms. The van der Waals surface area contributed by atoms with Gasteiger partial charge in [0.2, 0.25) is 0 Å². The molecule has 0 bridgehead atoms. The molecule has 7 nitrogen and oxygen atoms in total. The number of ether oxygens (including phenoxy) is 1. The van der Waals surface area contributed by atoms with Gasteiger partial charge in [-0.3, -0.25) is 19.8 Å². The second-order valence-electron chi connectivity index (χ2n) is 7.39. The van der Waals surface area contributed by atoms with Gasteiger partial charge in [-0.1, -0.05) is 29.8 Å². The predicted octanol–water partition coefficient (Wildman–Crippen LogP) is 6.31. The Morgan fingerprint density at radius 1 is 1.06 bits per heavy atom. The fourth-order valence-electron chi connectivity index (χ4n) is 3.65. The van der Waals surface area contributed by atoms with Crippen LogP contribution < -0.4 is 9.64 Å². The monoisotopic (exact) mass is 489 g/mol. The molecule has 2 heterocycles. The molecule has 1 aromatic heterocycles. The van der Waals surface area contributed by atoms with E-state index in [4.69, 9.17) is 16.3 Å². The Morgan fingerprint density at radius 2 is 1.76 bits per heavy atom. The maximum atomic E-state index is 13.5. The highest BCUT2D eigenvalue weighted by Crippen LogP contribution is 2.39. The summed E-state index contributed by atoms with van der Waals surface area (Å²) in [7, 11) is 1.57. The van der Waals surface area contributed by atoms with Crippen molar-refractivity contribution in [2.45, 2.75) is 0 Å². The molecule has 1 aliphatic heterocycles. The molecule has 0 radical (unpaired) electrons. The molecule has 0 spiro atoms. The van der Waals surface area contributed by atoms with Gasteiger partial charge in [0.25, 0.3) is 11.6 Å². The van der Waals surface area contributed by atoms with Gasteiger partial charge < -0.3 is 4.74 Å². The maximum absolute atomic E-state index is 13.5. The number of non-ortho nitro benzene ring substituents is 1. The van der Waals surface area contributed by atoms with Crippen molar-refractivity contribution in [1.29, 1.82) is 0 Å². The quantitative estimate of drug-likeness (QED) is 0.187. The summed E-state index contributed by atoms with van der Waals surface area (Å²) in [4.78, 5) is 30.9.